The number of aromatic amines is 1. The fourth-order valence-electron chi connectivity index (χ4n) is 3.34. The van der Waals surface area contributed by atoms with Crippen LogP contribution in [-0.4, -0.2) is 58.5 Å². The third-order valence-corrected chi connectivity index (χ3v) is 5.05. The van der Waals surface area contributed by atoms with Crippen LogP contribution in [0.2, 0.25) is 0 Å². The van der Waals surface area contributed by atoms with E-state index in [1.165, 1.54) is 0 Å². The number of aromatic nitrogens is 1. The summed E-state index contributed by atoms with van der Waals surface area (Å²) in [6.07, 6.45) is 2.77. The Morgan fingerprint density at radius 3 is 2.38 bits per heavy atom. The molecule has 10 N–H and O–H groups in total. The number of hydrogen-bond donors (Lipinski definition) is 7. The van der Waals surface area contributed by atoms with Crippen LogP contribution in [0.4, 0.5) is 0 Å². The summed E-state index contributed by atoms with van der Waals surface area (Å²) in [5, 5.41) is 15.3. The maximum Gasteiger partial charge on any atom is 0.326 e. The van der Waals surface area contributed by atoms with Crippen molar-refractivity contribution in [2.45, 2.75) is 50.2 Å². The molecule has 0 bridgehead atoms. The predicted octanol–water partition coefficient (Wildman–Crippen LogP) is -0.904. The summed E-state index contributed by atoms with van der Waals surface area (Å²) in [5.41, 5.74) is 17.8. The van der Waals surface area contributed by atoms with Crippen molar-refractivity contribution < 1.29 is 24.3 Å². The van der Waals surface area contributed by atoms with Gasteiger partial charge in [-0.2, -0.15) is 0 Å². The quantitative estimate of drug-likeness (QED) is 0.193. The Morgan fingerprint density at radius 1 is 1.03 bits per heavy atom. The van der Waals surface area contributed by atoms with Crippen LogP contribution < -0.4 is 27.8 Å². The van der Waals surface area contributed by atoms with Gasteiger partial charge in [0.1, 0.15) is 12.1 Å². The van der Waals surface area contributed by atoms with Crippen LogP contribution >= 0.6 is 0 Å². The molecule has 0 radical (unpaired) electrons. The highest BCUT2D eigenvalue weighted by Crippen LogP contribution is 2.19. The average molecular weight is 447 g/mol. The number of hydrogen-bond acceptors (Lipinski definition) is 6. The van der Waals surface area contributed by atoms with Gasteiger partial charge in [-0.3, -0.25) is 14.4 Å². The van der Waals surface area contributed by atoms with E-state index in [2.05, 4.69) is 15.6 Å². The monoisotopic (exact) mass is 446 g/mol. The van der Waals surface area contributed by atoms with Gasteiger partial charge in [0.05, 0.1) is 12.5 Å². The minimum atomic E-state index is -1.23. The van der Waals surface area contributed by atoms with Gasteiger partial charge < -0.3 is 37.9 Å². The molecule has 32 heavy (non-hydrogen) atoms. The van der Waals surface area contributed by atoms with E-state index in [9.17, 15) is 24.3 Å². The summed E-state index contributed by atoms with van der Waals surface area (Å²) in [4.78, 5) is 51.2. The number of carboxylic acid groups (broad SMARTS) is 1. The average Bonchev–Trinajstić information content (AvgIpc) is 3.14. The summed E-state index contributed by atoms with van der Waals surface area (Å²) in [5.74, 6) is -3.34. The van der Waals surface area contributed by atoms with Gasteiger partial charge in [0, 0.05) is 23.5 Å². The van der Waals surface area contributed by atoms with Crippen LogP contribution in [-0.2, 0) is 25.6 Å². The first-order valence-electron chi connectivity index (χ1n) is 10.4. The number of carbonyl (C=O) groups is 4. The second kappa shape index (κ2) is 11.8. The van der Waals surface area contributed by atoms with Crippen LogP contribution in [0.3, 0.4) is 0 Å². The number of rotatable bonds is 13. The number of nitrogens with two attached hydrogens (primary N) is 3. The van der Waals surface area contributed by atoms with Crippen molar-refractivity contribution in [1.82, 2.24) is 15.6 Å². The van der Waals surface area contributed by atoms with Crippen LogP contribution in [0.5, 0.6) is 0 Å². The third-order valence-electron chi connectivity index (χ3n) is 5.05. The maximum absolute atomic E-state index is 13.0. The van der Waals surface area contributed by atoms with Crippen LogP contribution in [0.1, 0.15) is 31.2 Å². The zero-order valence-electron chi connectivity index (χ0n) is 17.7. The molecule has 174 valence electrons. The first kappa shape index (κ1) is 24.8. The number of benzene rings is 1. The van der Waals surface area contributed by atoms with Gasteiger partial charge in [0.25, 0.3) is 0 Å². The molecule has 0 aliphatic rings. The number of unbranched alkanes of at least 4 members (excludes halogenated alkanes) is 1. The van der Waals surface area contributed by atoms with E-state index in [-0.39, 0.29) is 19.3 Å². The van der Waals surface area contributed by atoms with E-state index < -0.39 is 41.8 Å². The van der Waals surface area contributed by atoms with E-state index in [1.54, 1.807) is 6.20 Å². The normalized spacial score (nSPS) is 13.8. The van der Waals surface area contributed by atoms with Crippen molar-refractivity contribution in [3.8, 4) is 0 Å². The molecule has 0 aliphatic carbocycles. The van der Waals surface area contributed by atoms with Gasteiger partial charge in [0.2, 0.25) is 17.7 Å². The number of amides is 3. The van der Waals surface area contributed by atoms with E-state index in [0.29, 0.717) is 19.4 Å². The molecule has 0 spiro atoms. The van der Waals surface area contributed by atoms with Crippen molar-refractivity contribution in [2.24, 2.45) is 17.2 Å². The van der Waals surface area contributed by atoms with Crippen LogP contribution in [0.25, 0.3) is 10.9 Å². The van der Waals surface area contributed by atoms with E-state index in [4.69, 9.17) is 17.2 Å². The summed E-state index contributed by atoms with van der Waals surface area (Å²) in [6, 6.07) is 3.96. The highest BCUT2D eigenvalue weighted by Gasteiger charge is 2.29. The molecule has 1 aromatic heterocycles. The Kier molecular flexibility index (Phi) is 9.17. The van der Waals surface area contributed by atoms with Crippen LogP contribution in [0.15, 0.2) is 30.5 Å². The van der Waals surface area contributed by atoms with Gasteiger partial charge in [0.15, 0.2) is 0 Å². The lowest BCUT2D eigenvalue weighted by Gasteiger charge is -2.22. The molecule has 0 aliphatic heterocycles. The van der Waals surface area contributed by atoms with Crippen molar-refractivity contribution >= 4 is 34.6 Å². The number of aliphatic carboxylic acids is 1. The molecule has 3 atom stereocenters. The lowest BCUT2D eigenvalue weighted by atomic mass is 10.0. The SMILES string of the molecule is NCCCC[C@H](NC(=O)[C@H](Cc1c[nH]c2ccccc12)NC(=O)[C@@H](N)CC(N)=O)C(=O)O. The number of carbonyl (C=O) groups excluding carboxylic acids is 3. The molecule has 0 saturated heterocycles. The van der Waals surface area contributed by atoms with Crippen molar-refractivity contribution in [1.29, 1.82) is 0 Å². The molecule has 1 heterocycles. The Balaban J connectivity index is 2.21. The topological polar surface area (TPSA) is 206 Å². The van der Waals surface area contributed by atoms with Crippen molar-refractivity contribution in [3.63, 3.8) is 0 Å². The van der Waals surface area contributed by atoms with Gasteiger partial charge in [-0.15, -0.1) is 0 Å². The largest absolute Gasteiger partial charge is 0.480 e. The highest BCUT2D eigenvalue weighted by molar-refractivity contribution is 5.94. The first-order valence-corrected chi connectivity index (χ1v) is 10.4. The molecular formula is C21H30N6O5. The van der Waals surface area contributed by atoms with Gasteiger partial charge in [-0.05, 0) is 37.4 Å². The summed E-state index contributed by atoms with van der Waals surface area (Å²) >= 11 is 0. The number of nitrogens with one attached hydrogen (secondary N) is 3. The molecule has 2 rings (SSSR count). The Labute approximate surface area is 185 Å². The highest BCUT2D eigenvalue weighted by atomic mass is 16.4. The number of primary amides is 1. The lowest BCUT2D eigenvalue weighted by Crippen LogP contribution is -2.55. The Bertz CT molecular complexity index is 959. The second-order valence-electron chi connectivity index (χ2n) is 7.59. The molecule has 11 nitrogen and oxygen atoms in total. The van der Waals surface area contributed by atoms with Crippen LogP contribution in [0, 0.1) is 0 Å². The number of para-hydroxylation sites is 1. The van der Waals surface area contributed by atoms with Gasteiger partial charge in [-0.25, -0.2) is 4.79 Å². The van der Waals surface area contributed by atoms with Gasteiger partial charge in [-0.1, -0.05) is 18.2 Å². The number of carboxylic acids is 1. The standard InChI is InChI=1S/C21H30N6O5/c22-8-4-3-7-16(21(31)32)26-20(30)17(27-19(29)14(23)10-18(24)28)9-12-11-25-15-6-2-1-5-13(12)15/h1-2,5-6,11,14,16-17,25H,3-4,7-10,22-23H2,(H2,24,28)(H,26,30)(H,27,29)(H,31,32)/t14-,16-,17-/m0/s1. The zero-order valence-corrected chi connectivity index (χ0v) is 17.7. The smallest absolute Gasteiger partial charge is 0.326 e. The molecule has 3 amide bonds. The van der Waals surface area contributed by atoms with Crippen molar-refractivity contribution in [2.75, 3.05) is 6.54 Å². The second-order valence-corrected chi connectivity index (χ2v) is 7.59. The molecule has 1 aromatic carbocycles. The Hall–Kier alpha value is -3.44. The summed E-state index contributed by atoms with van der Waals surface area (Å²) < 4.78 is 0. The molecular weight excluding hydrogens is 416 g/mol. The molecule has 0 fully saturated rings. The molecule has 0 saturated carbocycles. The fraction of sp³-hybridized carbons (Fsp3) is 0.429. The fourth-order valence-corrected chi connectivity index (χ4v) is 3.34. The lowest BCUT2D eigenvalue weighted by molar-refractivity contribution is -0.142. The molecule has 11 heteroatoms. The third kappa shape index (κ3) is 7.06. The van der Waals surface area contributed by atoms with Crippen molar-refractivity contribution in [3.05, 3.63) is 36.0 Å². The van der Waals surface area contributed by atoms with E-state index >= 15 is 0 Å². The maximum atomic E-state index is 13.0. The predicted molar refractivity (Wildman–Crippen MR) is 118 cm³/mol. The first-order chi connectivity index (χ1) is 15.2. The van der Waals surface area contributed by atoms with E-state index in [0.717, 1.165) is 16.5 Å². The Morgan fingerprint density at radius 2 is 1.72 bits per heavy atom. The zero-order chi connectivity index (χ0) is 23.7. The minimum Gasteiger partial charge on any atom is -0.480 e. The molecule has 0 unspecified atom stereocenters. The minimum absolute atomic E-state index is 0.0834. The summed E-state index contributed by atoms with van der Waals surface area (Å²) in [7, 11) is 0. The van der Waals surface area contributed by atoms with Gasteiger partial charge >= 0.3 is 5.97 Å². The number of fused-ring (bicyclic) bond motifs is 1. The van der Waals surface area contributed by atoms with E-state index in [1.807, 2.05) is 24.3 Å². The molecule has 2 aromatic rings. The number of H-pyrrole nitrogens is 1. The summed E-state index contributed by atoms with van der Waals surface area (Å²) in [6.45, 7) is 0.414.